The van der Waals surface area contributed by atoms with Crippen LogP contribution in [0.5, 0.6) is 0 Å². The standard InChI is InChI=1S/C8H15O/c1-2-8(9)7-5-3-4-6-7/h7-9H,1-6H2. The minimum Gasteiger partial charge on any atom is -0.393 e. The summed E-state index contributed by atoms with van der Waals surface area (Å²) in [4.78, 5) is 0. The molecule has 0 bridgehead atoms. The predicted molar refractivity (Wildman–Crippen MR) is 37.9 cm³/mol. The van der Waals surface area contributed by atoms with Crippen molar-refractivity contribution in [2.75, 3.05) is 0 Å². The molecule has 1 heteroatoms. The largest absolute Gasteiger partial charge is 0.393 e. The molecule has 1 atom stereocenters. The summed E-state index contributed by atoms with van der Waals surface area (Å²) in [6.45, 7) is 3.68. The molecule has 0 aliphatic heterocycles. The lowest BCUT2D eigenvalue weighted by Gasteiger charge is -2.14. The van der Waals surface area contributed by atoms with Crippen LogP contribution in [-0.2, 0) is 0 Å². The van der Waals surface area contributed by atoms with Gasteiger partial charge in [-0.05, 0) is 25.2 Å². The summed E-state index contributed by atoms with van der Waals surface area (Å²) in [7, 11) is 0. The number of hydrogen-bond donors (Lipinski definition) is 1. The Kier molecular flexibility index (Phi) is 2.52. The molecule has 9 heavy (non-hydrogen) atoms. The summed E-state index contributed by atoms with van der Waals surface area (Å²) in [6, 6.07) is 0. The molecule has 1 unspecified atom stereocenters. The summed E-state index contributed by atoms with van der Waals surface area (Å²) in [6.07, 6.45) is 5.62. The lowest BCUT2D eigenvalue weighted by atomic mass is 9.99. The molecule has 1 rings (SSSR count). The second-order valence-electron chi connectivity index (χ2n) is 2.90. The Balaban J connectivity index is 2.24. The van der Waals surface area contributed by atoms with Crippen LogP contribution in [0.25, 0.3) is 0 Å². The monoisotopic (exact) mass is 127 g/mol. The SMILES string of the molecule is [CH2]CC(O)C1CCCC1. The third kappa shape index (κ3) is 1.68. The van der Waals surface area contributed by atoms with Gasteiger partial charge in [0.1, 0.15) is 0 Å². The fourth-order valence-corrected chi connectivity index (χ4v) is 1.58. The average Bonchev–Trinajstić information content (AvgIpc) is 2.37. The third-order valence-corrected chi connectivity index (χ3v) is 2.24. The predicted octanol–water partition coefficient (Wildman–Crippen LogP) is 1.76. The summed E-state index contributed by atoms with van der Waals surface area (Å²) in [5.41, 5.74) is 0. The van der Waals surface area contributed by atoms with Gasteiger partial charge < -0.3 is 5.11 Å². The summed E-state index contributed by atoms with van der Waals surface area (Å²) >= 11 is 0. The molecule has 1 radical (unpaired) electrons. The number of aliphatic hydroxyl groups excluding tert-OH is 1. The Hall–Kier alpha value is -0.0400. The first-order valence-electron chi connectivity index (χ1n) is 3.82. The molecule has 1 fully saturated rings. The van der Waals surface area contributed by atoms with Crippen LogP contribution in [0.2, 0.25) is 0 Å². The van der Waals surface area contributed by atoms with E-state index in [9.17, 15) is 5.11 Å². The van der Waals surface area contributed by atoms with Gasteiger partial charge in [-0.25, -0.2) is 0 Å². The van der Waals surface area contributed by atoms with Gasteiger partial charge in [-0.15, -0.1) is 0 Å². The van der Waals surface area contributed by atoms with Crippen LogP contribution in [-0.4, -0.2) is 11.2 Å². The van der Waals surface area contributed by atoms with Crippen LogP contribution in [0.15, 0.2) is 0 Å². The van der Waals surface area contributed by atoms with Crippen LogP contribution < -0.4 is 0 Å². The van der Waals surface area contributed by atoms with Gasteiger partial charge in [0.05, 0.1) is 6.10 Å². The minimum atomic E-state index is -0.118. The van der Waals surface area contributed by atoms with Crippen LogP contribution >= 0.6 is 0 Å². The normalized spacial score (nSPS) is 24.7. The third-order valence-electron chi connectivity index (χ3n) is 2.24. The molecule has 0 aromatic heterocycles. The smallest absolute Gasteiger partial charge is 0.0568 e. The van der Waals surface area contributed by atoms with Crippen LogP contribution in [0.3, 0.4) is 0 Å². The van der Waals surface area contributed by atoms with Crippen molar-refractivity contribution in [3.05, 3.63) is 6.92 Å². The molecule has 0 heterocycles. The Morgan fingerprint density at radius 3 is 2.44 bits per heavy atom. The van der Waals surface area contributed by atoms with E-state index in [1.165, 1.54) is 25.7 Å². The number of hydrogen-bond acceptors (Lipinski definition) is 1. The fraction of sp³-hybridized carbons (Fsp3) is 0.875. The zero-order valence-corrected chi connectivity index (χ0v) is 5.84. The lowest BCUT2D eigenvalue weighted by Crippen LogP contribution is -2.15. The van der Waals surface area contributed by atoms with E-state index in [0.717, 1.165) is 0 Å². The van der Waals surface area contributed by atoms with Gasteiger partial charge in [-0.3, -0.25) is 0 Å². The average molecular weight is 127 g/mol. The van der Waals surface area contributed by atoms with Crippen LogP contribution in [0.1, 0.15) is 32.1 Å². The van der Waals surface area contributed by atoms with Crippen LogP contribution in [0.4, 0.5) is 0 Å². The molecule has 0 saturated heterocycles. The van der Waals surface area contributed by atoms with Gasteiger partial charge in [0.25, 0.3) is 0 Å². The van der Waals surface area contributed by atoms with Gasteiger partial charge in [-0.2, -0.15) is 0 Å². The van der Waals surface area contributed by atoms with Crippen molar-refractivity contribution in [2.24, 2.45) is 5.92 Å². The topological polar surface area (TPSA) is 20.2 Å². The minimum absolute atomic E-state index is 0.118. The highest BCUT2D eigenvalue weighted by atomic mass is 16.3. The molecule has 1 aliphatic carbocycles. The molecule has 0 spiro atoms. The molecule has 1 nitrogen and oxygen atoms in total. The van der Waals surface area contributed by atoms with Crippen molar-refractivity contribution < 1.29 is 5.11 Å². The highest BCUT2D eigenvalue weighted by Crippen LogP contribution is 2.28. The lowest BCUT2D eigenvalue weighted by molar-refractivity contribution is 0.113. The summed E-state index contributed by atoms with van der Waals surface area (Å²) in [5.74, 6) is 0.572. The molecular formula is C8H15O. The van der Waals surface area contributed by atoms with Crippen LogP contribution in [0, 0.1) is 12.8 Å². The Morgan fingerprint density at radius 2 is 2.00 bits per heavy atom. The van der Waals surface area contributed by atoms with Crippen molar-refractivity contribution in [1.29, 1.82) is 0 Å². The molecule has 0 amide bonds. The number of aliphatic hydroxyl groups is 1. The first kappa shape index (κ1) is 7.07. The van der Waals surface area contributed by atoms with Crippen molar-refractivity contribution in [2.45, 2.75) is 38.2 Å². The maximum Gasteiger partial charge on any atom is 0.0568 e. The first-order chi connectivity index (χ1) is 4.34. The van der Waals surface area contributed by atoms with E-state index in [0.29, 0.717) is 12.3 Å². The van der Waals surface area contributed by atoms with E-state index in [-0.39, 0.29) is 6.10 Å². The van der Waals surface area contributed by atoms with Crippen molar-refractivity contribution in [3.8, 4) is 0 Å². The van der Waals surface area contributed by atoms with E-state index >= 15 is 0 Å². The Labute approximate surface area is 57.1 Å². The second kappa shape index (κ2) is 3.21. The number of rotatable bonds is 2. The van der Waals surface area contributed by atoms with Gasteiger partial charge >= 0.3 is 0 Å². The van der Waals surface area contributed by atoms with E-state index < -0.39 is 0 Å². The van der Waals surface area contributed by atoms with Crippen molar-refractivity contribution in [3.63, 3.8) is 0 Å². The molecule has 0 aromatic carbocycles. The van der Waals surface area contributed by atoms with E-state index in [1.807, 2.05) is 0 Å². The van der Waals surface area contributed by atoms with Gasteiger partial charge in [0, 0.05) is 0 Å². The maximum absolute atomic E-state index is 9.30. The molecule has 1 N–H and O–H groups in total. The highest BCUT2D eigenvalue weighted by molar-refractivity contribution is 4.74. The first-order valence-corrected chi connectivity index (χ1v) is 3.82. The highest BCUT2D eigenvalue weighted by Gasteiger charge is 2.20. The summed E-state index contributed by atoms with van der Waals surface area (Å²) < 4.78 is 0. The van der Waals surface area contributed by atoms with Gasteiger partial charge in [-0.1, -0.05) is 19.8 Å². The van der Waals surface area contributed by atoms with E-state index in [4.69, 9.17) is 0 Å². The molecule has 53 valence electrons. The molecule has 1 saturated carbocycles. The van der Waals surface area contributed by atoms with E-state index in [1.54, 1.807) is 0 Å². The second-order valence-corrected chi connectivity index (χ2v) is 2.90. The quantitative estimate of drug-likeness (QED) is 0.599. The Morgan fingerprint density at radius 1 is 1.44 bits per heavy atom. The molecule has 1 aliphatic rings. The van der Waals surface area contributed by atoms with E-state index in [2.05, 4.69) is 6.92 Å². The zero-order chi connectivity index (χ0) is 6.69. The summed E-state index contributed by atoms with van der Waals surface area (Å²) in [5, 5.41) is 9.30. The molecular weight excluding hydrogens is 112 g/mol. The van der Waals surface area contributed by atoms with Crippen molar-refractivity contribution >= 4 is 0 Å². The fourth-order valence-electron chi connectivity index (χ4n) is 1.58. The van der Waals surface area contributed by atoms with Gasteiger partial charge in [0.15, 0.2) is 0 Å². The zero-order valence-electron chi connectivity index (χ0n) is 5.84. The Bertz CT molecular complexity index is 74.6. The van der Waals surface area contributed by atoms with Crippen molar-refractivity contribution in [1.82, 2.24) is 0 Å². The molecule has 0 aromatic rings. The van der Waals surface area contributed by atoms with Gasteiger partial charge in [0.2, 0.25) is 0 Å². The maximum atomic E-state index is 9.30.